The Morgan fingerprint density at radius 2 is 2.22 bits per heavy atom. The second kappa shape index (κ2) is 8.36. The first-order valence-electron chi connectivity index (χ1n) is 7.91. The van der Waals surface area contributed by atoms with Gasteiger partial charge in [0.2, 0.25) is 5.91 Å². The van der Waals surface area contributed by atoms with Gasteiger partial charge in [-0.3, -0.25) is 14.4 Å². The Balaban J connectivity index is 1.91. The van der Waals surface area contributed by atoms with Crippen molar-refractivity contribution < 1.29 is 23.5 Å². The summed E-state index contributed by atoms with van der Waals surface area (Å²) in [7, 11) is 0. The highest BCUT2D eigenvalue weighted by Crippen LogP contribution is 2.20. The van der Waals surface area contributed by atoms with Gasteiger partial charge >= 0.3 is 5.97 Å². The highest BCUT2D eigenvalue weighted by molar-refractivity contribution is 5.95. The lowest BCUT2D eigenvalue weighted by Gasteiger charge is -2.34. The molecule has 1 aliphatic heterocycles. The molecule has 0 aliphatic carbocycles. The van der Waals surface area contributed by atoms with Gasteiger partial charge in [-0.15, -0.1) is 0 Å². The standard InChI is InChI=1S/C16H22N2O5/c1-2-22-14(19)8-9-17-15(20)12-6-3-4-10-18(12)16(21)13-7-5-11-23-13/h5,7,11-12H,2-4,6,8-10H2,1H3,(H,17,20)/t12-/m0/s1. The highest BCUT2D eigenvalue weighted by Gasteiger charge is 2.33. The first kappa shape index (κ1) is 17.1. The fourth-order valence-corrected chi connectivity index (χ4v) is 2.63. The molecule has 7 heteroatoms. The molecule has 2 amide bonds. The van der Waals surface area contributed by atoms with Crippen LogP contribution in [0.1, 0.15) is 43.2 Å². The van der Waals surface area contributed by atoms with Crippen LogP contribution in [0.2, 0.25) is 0 Å². The fourth-order valence-electron chi connectivity index (χ4n) is 2.63. The van der Waals surface area contributed by atoms with Gasteiger partial charge in [0.1, 0.15) is 6.04 Å². The van der Waals surface area contributed by atoms with Gasteiger partial charge in [0.25, 0.3) is 5.91 Å². The van der Waals surface area contributed by atoms with E-state index in [1.165, 1.54) is 6.26 Å². The molecule has 1 fully saturated rings. The maximum absolute atomic E-state index is 12.4. The van der Waals surface area contributed by atoms with E-state index in [9.17, 15) is 14.4 Å². The van der Waals surface area contributed by atoms with E-state index >= 15 is 0 Å². The summed E-state index contributed by atoms with van der Waals surface area (Å²) in [5.41, 5.74) is 0. The minimum absolute atomic E-state index is 0.123. The lowest BCUT2D eigenvalue weighted by molar-refractivity contribution is -0.143. The van der Waals surface area contributed by atoms with Crippen molar-refractivity contribution in [1.29, 1.82) is 0 Å². The van der Waals surface area contributed by atoms with E-state index in [0.717, 1.165) is 12.8 Å². The van der Waals surface area contributed by atoms with Crippen LogP contribution in [0.5, 0.6) is 0 Å². The van der Waals surface area contributed by atoms with Crippen LogP contribution < -0.4 is 5.32 Å². The number of esters is 1. The average molecular weight is 322 g/mol. The minimum atomic E-state index is -0.524. The molecular weight excluding hydrogens is 300 g/mol. The molecule has 1 atom stereocenters. The molecule has 0 unspecified atom stereocenters. The van der Waals surface area contributed by atoms with Gasteiger partial charge in [-0.1, -0.05) is 0 Å². The van der Waals surface area contributed by atoms with Crippen LogP contribution in [0.4, 0.5) is 0 Å². The van der Waals surface area contributed by atoms with Crippen LogP contribution in [0, 0.1) is 0 Å². The summed E-state index contributed by atoms with van der Waals surface area (Å²) in [4.78, 5) is 37.6. The number of furan rings is 1. The predicted octanol–water partition coefficient (Wildman–Crippen LogP) is 1.34. The van der Waals surface area contributed by atoms with Gasteiger partial charge in [-0.25, -0.2) is 0 Å². The number of nitrogens with zero attached hydrogens (tertiary/aromatic N) is 1. The summed E-state index contributed by atoms with van der Waals surface area (Å²) in [6, 6.07) is 2.71. The van der Waals surface area contributed by atoms with Gasteiger partial charge in [-0.05, 0) is 38.3 Å². The summed E-state index contributed by atoms with van der Waals surface area (Å²) < 4.78 is 9.94. The molecule has 7 nitrogen and oxygen atoms in total. The van der Waals surface area contributed by atoms with Gasteiger partial charge in [0.15, 0.2) is 5.76 Å². The first-order valence-corrected chi connectivity index (χ1v) is 7.91. The molecule has 0 bridgehead atoms. The third kappa shape index (κ3) is 4.58. The van der Waals surface area contributed by atoms with Crippen molar-refractivity contribution in [3.63, 3.8) is 0 Å². The fraction of sp³-hybridized carbons (Fsp3) is 0.562. The van der Waals surface area contributed by atoms with Crippen molar-refractivity contribution in [2.24, 2.45) is 0 Å². The van der Waals surface area contributed by atoms with Crippen LogP contribution in [-0.2, 0) is 14.3 Å². The Morgan fingerprint density at radius 3 is 2.91 bits per heavy atom. The molecule has 1 saturated heterocycles. The van der Waals surface area contributed by atoms with E-state index in [1.807, 2.05) is 0 Å². The molecule has 0 saturated carbocycles. The number of rotatable bonds is 6. The number of amides is 2. The van der Waals surface area contributed by atoms with Crippen molar-refractivity contribution in [2.75, 3.05) is 19.7 Å². The maximum atomic E-state index is 12.4. The number of ether oxygens (including phenoxy) is 1. The zero-order valence-corrected chi connectivity index (χ0v) is 13.2. The molecule has 1 aromatic rings. The Bertz CT molecular complexity index is 541. The summed E-state index contributed by atoms with van der Waals surface area (Å²) >= 11 is 0. The normalized spacial score (nSPS) is 17.6. The predicted molar refractivity (Wildman–Crippen MR) is 81.6 cm³/mol. The molecule has 0 radical (unpaired) electrons. The number of hydrogen-bond acceptors (Lipinski definition) is 5. The van der Waals surface area contributed by atoms with Crippen molar-refractivity contribution >= 4 is 17.8 Å². The van der Waals surface area contributed by atoms with Gasteiger partial charge in [-0.2, -0.15) is 0 Å². The van der Waals surface area contributed by atoms with E-state index in [-0.39, 0.29) is 36.5 Å². The Labute approximate surface area is 135 Å². The Morgan fingerprint density at radius 1 is 1.39 bits per heavy atom. The molecular formula is C16H22N2O5. The van der Waals surface area contributed by atoms with Crippen LogP contribution >= 0.6 is 0 Å². The van der Waals surface area contributed by atoms with Gasteiger partial charge in [0, 0.05) is 13.1 Å². The second-order valence-corrected chi connectivity index (χ2v) is 5.33. The van der Waals surface area contributed by atoms with E-state index in [2.05, 4.69) is 5.32 Å². The van der Waals surface area contributed by atoms with E-state index in [1.54, 1.807) is 24.0 Å². The molecule has 1 N–H and O–H groups in total. The number of carbonyl (C=O) groups excluding carboxylic acids is 3. The van der Waals surface area contributed by atoms with Gasteiger partial charge < -0.3 is 19.4 Å². The van der Waals surface area contributed by atoms with Crippen molar-refractivity contribution in [3.8, 4) is 0 Å². The zero-order valence-electron chi connectivity index (χ0n) is 13.2. The quantitative estimate of drug-likeness (QED) is 0.799. The van der Waals surface area contributed by atoms with Crippen molar-refractivity contribution in [3.05, 3.63) is 24.2 Å². The van der Waals surface area contributed by atoms with Crippen LogP contribution in [0.15, 0.2) is 22.8 Å². The Kier molecular flexibility index (Phi) is 6.19. The lowest BCUT2D eigenvalue weighted by atomic mass is 10.0. The second-order valence-electron chi connectivity index (χ2n) is 5.33. The van der Waals surface area contributed by atoms with Crippen LogP contribution in [-0.4, -0.2) is 48.4 Å². The third-order valence-electron chi connectivity index (χ3n) is 3.73. The van der Waals surface area contributed by atoms with Crippen molar-refractivity contribution in [1.82, 2.24) is 10.2 Å². The molecule has 0 spiro atoms. The number of hydrogen-bond donors (Lipinski definition) is 1. The van der Waals surface area contributed by atoms with Crippen LogP contribution in [0.3, 0.4) is 0 Å². The molecule has 0 aromatic carbocycles. The molecule has 1 aromatic heterocycles. The number of carbonyl (C=O) groups is 3. The summed E-state index contributed by atoms with van der Waals surface area (Å²) in [6.45, 7) is 2.78. The zero-order chi connectivity index (χ0) is 16.7. The van der Waals surface area contributed by atoms with E-state index in [0.29, 0.717) is 19.6 Å². The summed E-state index contributed by atoms with van der Waals surface area (Å²) in [5.74, 6) is -0.634. The van der Waals surface area contributed by atoms with Crippen LogP contribution in [0.25, 0.3) is 0 Å². The topological polar surface area (TPSA) is 88.9 Å². The Hall–Kier alpha value is -2.31. The molecule has 1 aliphatic rings. The SMILES string of the molecule is CCOC(=O)CCNC(=O)[C@@H]1CCCCN1C(=O)c1ccco1. The van der Waals surface area contributed by atoms with Gasteiger partial charge in [0.05, 0.1) is 19.3 Å². The lowest BCUT2D eigenvalue weighted by Crippen LogP contribution is -2.52. The first-order chi connectivity index (χ1) is 11.1. The molecule has 2 heterocycles. The van der Waals surface area contributed by atoms with Crippen molar-refractivity contribution in [2.45, 2.75) is 38.6 Å². The monoisotopic (exact) mass is 322 g/mol. The number of likely N-dealkylation sites (tertiary alicyclic amines) is 1. The largest absolute Gasteiger partial charge is 0.466 e. The highest BCUT2D eigenvalue weighted by atomic mass is 16.5. The van der Waals surface area contributed by atoms with E-state index in [4.69, 9.17) is 9.15 Å². The molecule has 23 heavy (non-hydrogen) atoms. The maximum Gasteiger partial charge on any atom is 0.307 e. The number of nitrogens with one attached hydrogen (secondary N) is 1. The smallest absolute Gasteiger partial charge is 0.307 e. The number of piperidine rings is 1. The summed E-state index contributed by atoms with van der Waals surface area (Å²) in [6.07, 6.45) is 3.92. The van der Waals surface area contributed by atoms with E-state index < -0.39 is 6.04 Å². The average Bonchev–Trinajstić information content (AvgIpc) is 3.09. The minimum Gasteiger partial charge on any atom is -0.466 e. The third-order valence-corrected chi connectivity index (χ3v) is 3.73. The summed E-state index contributed by atoms with van der Waals surface area (Å²) in [5, 5.41) is 2.71. The molecule has 126 valence electrons. The molecule has 2 rings (SSSR count).